The van der Waals surface area contributed by atoms with Gasteiger partial charge in [-0.05, 0) is 57.6 Å². The van der Waals surface area contributed by atoms with Crippen LogP contribution in [-0.4, -0.2) is 40.0 Å². The Kier molecular flexibility index (Phi) is 26.6. The van der Waals surface area contributed by atoms with Gasteiger partial charge in [-0.15, -0.1) is 0 Å². The zero-order chi connectivity index (χ0) is 25.9. The van der Waals surface area contributed by atoms with Gasteiger partial charge in [0.25, 0.3) is 0 Å². The van der Waals surface area contributed by atoms with E-state index in [2.05, 4.69) is 36.1 Å². The van der Waals surface area contributed by atoms with Crippen LogP contribution < -0.4 is 11.5 Å². The van der Waals surface area contributed by atoms with Crippen molar-refractivity contribution in [2.75, 3.05) is 6.54 Å². The maximum Gasteiger partial charge on any atom is 0.320 e. The first kappa shape index (κ1) is 33.8. The molecule has 1 unspecified atom stereocenters. The van der Waals surface area contributed by atoms with Gasteiger partial charge in [-0.3, -0.25) is 9.59 Å². The molecule has 0 radical (unpaired) electrons. The summed E-state index contributed by atoms with van der Waals surface area (Å²) in [5.41, 5.74) is 10.4. The van der Waals surface area contributed by atoms with Crippen molar-refractivity contribution in [2.45, 2.75) is 96.4 Å². The van der Waals surface area contributed by atoms with E-state index >= 15 is 0 Å². The van der Waals surface area contributed by atoms with Gasteiger partial charge in [-0.1, -0.05) is 69.1 Å². The van der Waals surface area contributed by atoms with Crippen LogP contribution in [0, 0.1) is 0 Å². The van der Waals surface area contributed by atoms with Crippen molar-refractivity contribution in [3.05, 3.63) is 48.3 Å². The van der Waals surface area contributed by atoms with Crippen LogP contribution in [0.5, 0.6) is 0 Å². The Morgan fingerprint density at radius 1 is 0.882 bits per heavy atom. The fraction of sp³-hybridized carbons (Fsp3) is 0.615. The molecular formula is C26H46N2O6. The van der Waals surface area contributed by atoms with E-state index in [1.165, 1.54) is 25.7 Å². The molecule has 0 rings (SSSR count). The highest BCUT2D eigenvalue weighted by Gasteiger charge is 2.09. The van der Waals surface area contributed by atoms with Crippen molar-refractivity contribution in [1.29, 1.82) is 0 Å². The van der Waals surface area contributed by atoms with Crippen molar-refractivity contribution in [1.82, 2.24) is 0 Å². The van der Waals surface area contributed by atoms with Gasteiger partial charge in [-0.25, -0.2) is 5.26 Å². The highest BCUT2D eigenvalue weighted by molar-refractivity contribution is 5.72. The van der Waals surface area contributed by atoms with E-state index in [0.29, 0.717) is 38.0 Å². The van der Waals surface area contributed by atoms with Gasteiger partial charge in [0.05, 0.1) is 0 Å². The molecule has 1 atom stereocenters. The number of hydrogen-bond donors (Lipinski definition) is 5. The number of carboxylic acid groups (broad SMARTS) is 2. The molecule has 8 heteroatoms. The molecule has 34 heavy (non-hydrogen) atoms. The topological polar surface area (TPSA) is 156 Å². The van der Waals surface area contributed by atoms with Crippen LogP contribution in [0.3, 0.4) is 0 Å². The third-order valence-corrected chi connectivity index (χ3v) is 4.75. The summed E-state index contributed by atoms with van der Waals surface area (Å²) >= 11 is 0. The quantitative estimate of drug-likeness (QED) is 0.0377. The number of allylic oxidation sites excluding steroid dienone is 8. The van der Waals surface area contributed by atoms with E-state index in [-0.39, 0.29) is 6.42 Å². The monoisotopic (exact) mass is 482 g/mol. The van der Waals surface area contributed by atoms with Crippen molar-refractivity contribution >= 4 is 11.9 Å². The standard InChI is InChI=1S/C20H32O4.C6H14N2O2/c1-2-3-4-5-6-7-8-9-10-11-12-13-14-16-19(24-23)17-15-18-20(21)22;7-4-2-1-3-5(8)6(9)10/h7-10,12-13,16,23H,2-6,11,14-15,17-18H2,1H3,(H,21,22);5H,1-4,7-8H2,(H,9,10)/b8-7+,10-9+,13-12+,19-16-;. The first-order chi connectivity index (χ1) is 16.4. The SMILES string of the molecule is CCCCCC/C=C/C=C/C/C=C/C/C=C(/CCCC(=O)O)OO.NCCCCC(N)C(=O)O. The normalized spacial score (nSPS) is 12.8. The van der Waals surface area contributed by atoms with Gasteiger partial charge in [0, 0.05) is 12.8 Å². The number of aliphatic carboxylic acids is 2. The number of carboxylic acids is 2. The lowest BCUT2D eigenvalue weighted by Crippen LogP contribution is -2.29. The molecule has 0 saturated heterocycles. The fourth-order valence-electron chi connectivity index (χ4n) is 2.72. The van der Waals surface area contributed by atoms with Crippen molar-refractivity contribution in [2.24, 2.45) is 11.5 Å². The lowest BCUT2D eigenvalue weighted by molar-refractivity contribution is -0.206. The first-order valence-electron chi connectivity index (χ1n) is 12.3. The van der Waals surface area contributed by atoms with Gasteiger partial charge in [0.15, 0.2) is 0 Å². The predicted octanol–water partition coefficient (Wildman–Crippen LogP) is 5.56. The van der Waals surface area contributed by atoms with Gasteiger partial charge < -0.3 is 26.6 Å². The number of unbranched alkanes of at least 4 members (excludes halogenated alkanes) is 5. The molecule has 0 fully saturated rings. The highest BCUT2D eigenvalue weighted by Crippen LogP contribution is 2.09. The Bertz CT molecular complexity index is 614. The van der Waals surface area contributed by atoms with Crippen LogP contribution in [0.4, 0.5) is 0 Å². The highest BCUT2D eigenvalue weighted by atomic mass is 17.1. The molecule has 196 valence electrons. The molecule has 8 nitrogen and oxygen atoms in total. The number of carbonyl (C=O) groups is 2. The summed E-state index contributed by atoms with van der Waals surface area (Å²) in [6.07, 6.45) is 25.3. The molecule has 0 bridgehead atoms. The molecule has 7 N–H and O–H groups in total. The van der Waals surface area contributed by atoms with E-state index in [1.807, 2.05) is 12.2 Å². The smallest absolute Gasteiger partial charge is 0.320 e. The Morgan fingerprint density at radius 3 is 2.21 bits per heavy atom. The van der Waals surface area contributed by atoms with Gasteiger partial charge in [0.2, 0.25) is 0 Å². The summed E-state index contributed by atoms with van der Waals surface area (Å²) < 4.78 is 0. The summed E-state index contributed by atoms with van der Waals surface area (Å²) in [5, 5.41) is 25.6. The van der Waals surface area contributed by atoms with Crippen LogP contribution in [-0.2, 0) is 14.5 Å². The fourth-order valence-corrected chi connectivity index (χ4v) is 2.72. The Hall–Kier alpha value is -2.42. The maximum absolute atomic E-state index is 10.4. The molecule has 0 aromatic rings. The summed E-state index contributed by atoms with van der Waals surface area (Å²) in [4.78, 5) is 24.8. The van der Waals surface area contributed by atoms with E-state index in [1.54, 1.807) is 6.08 Å². The van der Waals surface area contributed by atoms with Crippen LogP contribution in [0.25, 0.3) is 0 Å². The van der Waals surface area contributed by atoms with Gasteiger partial charge in [0.1, 0.15) is 11.8 Å². The predicted molar refractivity (Wildman–Crippen MR) is 137 cm³/mol. The molecule has 0 aliphatic carbocycles. The second-order valence-corrected chi connectivity index (χ2v) is 7.89. The van der Waals surface area contributed by atoms with Crippen molar-refractivity contribution in [3.8, 4) is 0 Å². The largest absolute Gasteiger partial charge is 0.481 e. The maximum atomic E-state index is 10.4. The molecule has 0 amide bonds. The molecular weight excluding hydrogens is 436 g/mol. The summed E-state index contributed by atoms with van der Waals surface area (Å²) in [6.45, 7) is 2.82. The molecule has 0 saturated carbocycles. The van der Waals surface area contributed by atoms with Crippen LogP contribution in [0.1, 0.15) is 90.4 Å². The minimum absolute atomic E-state index is 0.0768. The summed E-state index contributed by atoms with van der Waals surface area (Å²) in [5.74, 6) is -1.35. The van der Waals surface area contributed by atoms with E-state index in [9.17, 15) is 9.59 Å². The van der Waals surface area contributed by atoms with E-state index in [0.717, 1.165) is 25.7 Å². The summed E-state index contributed by atoms with van der Waals surface area (Å²) in [6, 6.07) is -0.716. The van der Waals surface area contributed by atoms with Gasteiger partial charge in [-0.2, -0.15) is 0 Å². The molecule has 0 aliphatic heterocycles. The summed E-state index contributed by atoms with van der Waals surface area (Å²) in [7, 11) is 0. The molecule has 0 aliphatic rings. The molecule has 0 heterocycles. The molecule has 0 aromatic carbocycles. The Balaban J connectivity index is 0. The number of nitrogens with two attached hydrogens (primary N) is 2. The number of rotatable bonds is 20. The molecule has 0 spiro atoms. The second-order valence-electron chi connectivity index (χ2n) is 7.89. The third kappa shape index (κ3) is 27.6. The zero-order valence-electron chi connectivity index (χ0n) is 20.7. The first-order valence-corrected chi connectivity index (χ1v) is 12.3. The second kappa shape index (κ2) is 26.8. The third-order valence-electron chi connectivity index (χ3n) is 4.75. The van der Waals surface area contributed by atoms with Gasteiger partial charge >= 0.3 is 11.9 Å². The van der Waals surface area contributed by atoms with E-state index in [4.69, 9.17) is 26.9 Å². The minimum atomic E-state index is -0.933. The van der Waals surface area contributed by atoms with Crippen molar-refractivity contribution in [3.63, 3.8) is 0 Å². The van der Waals surface area contributed by atoms with E-state index < -0.39 is 18.0 Å². The minimum Gasteiger partial charge on any atom is -0.481 e. The van der Waals surface area contributed by atoms with Crippen LogP contribution >= 0.6 is 0 Å². The average molecular weight is 483 g/mol. The lowest BCUT2D eigenvalue weighted by atomic mass is 10.1. The lowest BCUT2D eigenvalue weighted by Gasteiger charge is -2.03. The average Bonchev–Trinajstić information content (AvgIpc) is 2.81. The van der Waals surface area contributed by atoms with Crippen molar-refractivity contribution < 1.29 is 29.9 Å². The zero-order valence-corrected chi connectivity index (χ0v) is 20.7. The van der Waals surface area contributed by atoms with Crippen LogP contribution in [0.2, 0.25) is 0 Å². The molecule has 0 aromatic heterocycles. The Labute approximate surface area is 205 Å². The Morgan fingerprint density at radius 2 is 1.59 bits per heavy atom. The van der Waals surface area contributed by atoms with Crippen LogP contribution in [0.15, 0.2) is 48.3 Å². The number of hydrogen-bond acceptors (Lipinski definition) is 6.